The van der Waals surface area contributed by atoms with E-state index in [1.807, 2.05) is 22.9 Å². The van der Waals surface area contributed by atoms with Crippen LogP contribution in [0.3, 0.4) is 0 Å². The van der Waals surface area contributed by atoms with Crippen LogP contribution < -0.4 is 5.32 Å². The molecule has 1 heterocycles. The molecule has 0 saturated heterocycles. The van der Waals surface area contributed by atoms with E-state index >= 15 is 0 Å². The van der Waals surface area contributed by atoms with Crippen molar-refractivity contribution in [2.75, 3.05) is 11.9 Å². The Morgan fingerprint density at radius 2 is 1.96 bits per heavy atom. The van der Waals surface area contributed by atoms with Gasteiger partial charge in [-0.25, -0.2) is 9.78 Å². The van der Waals surface area contributed by atoms with Crippen LogP contribution in [0.4, 0.5) is 5.69 Å². The topological polar surface area (TPSA) is 73.2 Å². The molecule has 0 unspecified atom stereocenters. The van der Waals surface area contributed by atoms with Gasteiger partial charge in [0.1, 0.15) is 0 Å². The van der Waals surface area contributed by atoms with E-state index in [4.69, 9.17) is 16.3 Å². The maximum Gasteiger partial charge on any atom is 0.339 e. The van der Waals surface area contributed by atoms with E-state index in [0.717, 1.165) is 5.56 Å². The molecule has 0 spiro atoms. The number of imidazole rings is 1. The number of aromatic nitrogens is 2. The lowest BCUT2D eigenvalue weighted by Gasteiger charge is -2.09. The molecule has 1 amide bonds. The molecule has 2 aromatic carbocycles. The number of amides is 1. The number of halogens is 1. The third kappa shape index (κ3) is 4.74. The highest BCUT2D eigenvalue weighted by Gasteiger charge is 2.14. The number of benzene rings is 2. The summed E-state index contributed by atoms with van der Waals surface area (Å²) in [6.07, 6.45) is 5.34. The van der Waals surface area contributed by atoms with Gasteiger partial charge in [0, 0.05) is 30.2 Å². The van der Waals surface area contributed by atoms with E-state index in [0.29, 0.717) is 17.8 Å². The van der Waals surface area contributed by atoms with Crippen LogP contribution in [0.1, 0.15) is 33.2 Å². The van der Waals surface area contributed by atoms with Gasteiger partial charge in [0.2, 0.25) is 0 Å². The number of esters is 1. The summed E-state index contributed by atoms with van der Waals surface area (Å²) in [6, 6.07) is 12.0. The van der Waals surface area contributed by atoms with Gasteiger partial charge in [-0.2, -0.15) is 0 Å². The Hall–Kier alpha value is -3.12. The predicted molar refractivity (Wildman–Crippen MR) is 103 cm³/mol. The number of rotatable bonds is 6. The van der Waals surface area contributed by atoms with Crippen molar-refractivity contribution < 1.29 is 14.3 Å². The summed E-state index contributed by atoms with van der Waals surface area (Å²) in [5, 5.41) is 3.04. The molecule has 6 nitrogen and oxygen atoms in total. The fraction of sp³-hybridized carbons (Fsp3) is 0.150. The minimum absolute atomic E-state index is 0.215. The van der Waals surface area contributed by atoms with E-state index < -0.39 is 5.97 Å². The molecular formula is C20H18ClN3O3. The van der Waals surface area contributed by atoms with Gasteiger partial charge < -0.3 is 14.6 Å². The zero-order valence-corrected chi connectivity index (χ0v) is 15.4. The smallest absolute Gasteiger partial charge is 0.339 e. The van der Waals surface area contributed by atoms with Crippen molar-refractivity contribution in [2.24, 2.45) is 0 Å². The molecule has 0 saturated carbocycles. The van der Waals surface area contributed by atoms with Crippen LogP contribution in [0, 0.1) is 0 Å². The highest BCUT2D eigenvalue weighted by Crippen LogP contribution is 2.22. The van der Waals surface area contributed by atoms with Crippen molar-refractivity contribution in [3.05, 3.63) is 82.9 Å². The molecule has 0 bridgehead atoms. The minimum Gasteiger partial charge on any atom is -0.462 e. The van der Waals surface area contributed by atoms with Crippen molar-refractivity contribution in [1.82, 2.24) is 9.55 Å². The van der Waals surface area contributed by atoms with Gasteiger partial charge in [-0.3, -0.25) is 4.79 Å². The molecule has 0 aliphatic rings. The van der Waals surface area contributed by atoms with Gasteiger partial charge in [0.05, 0.1) is 23.5 Å². The van der Waals surface area contributed by atoms with Crippen molar-refractivity contribution in [3.8, 4) is 0 Å². The van der Waals surface area contributed by atoms with Gasteiger partial charge in [-0.1, -0.05) is 23.7 Å². The van der Waals surface area contributed by atoms with Gasteiger partial charge in [0.25, 0.3) is 5.91 Å². The first-order valence-corrected chi connectivity index (χ1v) is 8.77. The number of nitrogens with zero attached hydrogens (tertiary/aromatic N) is 2. The van der Waals surface area contributed by atoms with Gasteiger partial charge >= 0.3 is 5.97 Å². The molecule has 0 radical (unpaired) electrons. The monoisotopic (exact) mass is 383 g/mol. The highest BCUT2D eigenvalue weighted by atomic mass is 35.5. The molecule has 0 aliphatic heterocycles. The zero-order valence-electron chi connectivity index (χ0n) is 14.7. The van der Waals surface area contributed by atoms with Crippen LogP contribution >= 0.6 is 11.6 Å². The molecule has 1 aromatic heterocycles. The number of hydrogen-bond donors (Lipinski definition) is 1. The standard InChI is InChI=1S/C20H18ClN3O3/c1-2-27-20(26)17-11-16(7-8-18(17)21)23-19(25)15-5-3-14(4-6-15)12-24-10-9-22-13-24/h3-11,13H,2,12H2,1H3,(H,23,25). The Morgan fingerprint density at radius 1 is 1.19 bits per heavy atom. The third-order valence-corrected chi connectivity index (χ3v) is 4.19. The Labute approximate surface area is 161 Å². The normalized spacial score (nSPS) is 10.4. The lowest BCUT2D eigenvalue weighted by Crippen LogP contribution is -2.13. The van der Waals surface area contributed by atoms with Crippen molar-refractivity contribution >= 4 is 29.2 Å². The number of carbonyl (C=O) groups is 2. The fourth-order valence-corrected chi connectivity index (χ4v) is 2.72. The molecule has 3 aromatic rings. The quantitative estimate of drug-likeness (QED) is 0.652. The van der Waals surface area contributed by atoms with Crippen LogP contribution in [-0.2, 0) is 11.3 Å². The summed E-state index contributed by atoms with van der Waals surface area (Å²) < 4.78 is 6.91. The Balaban J connectivity index is 1.69. The lowest BCUT2D eigenvalue weighted by atomic mass is 10.1. The fourth-order valence-electron chi connectivity index (χ4n) is 2.52. The minimum atomic E-state index is -0.526. The van der Waals surface area contributed by atoms with Gasteiger partial charge in [-0.15, -0.1) is 0 Å². The van der Waals surface area contributed by atoms with Crippen LogP contribution in [0.25, 0.3) is 0 Å². The molecule has 1 N–H and O–H groups in total. The molecule has 138 valence electrons. The number of hydrogen-bond acceptors (Lipinski definition) is 4. The summed E-state index contributed by atoms with van der Waals surface area (Å²) in [5.41, 5.74) is 2.25. The van der Waals surface area contributed by atoms with Gasteiger partial charge in [0.15, 0.2) is 0 Å². The average Bonchev–Trinajstić information content (AvgIpc) is 3.17. The molecule has 7 heteroatoms. The third-order valence-electron chi connectivity index (χ3n) is 3.86. The molecule has 0 atom stereocenters. The molecule has 3 rings (SSSR count). The van der Waals surface area contributed by atoms with Crippen molar-refractivity contribution in [2.45, 2.75) is 13.5 Å². The second-order valence-electron chi connectivity index (χ2n) is 5.80. The van der Waals surface area contributed by atoms with Crippen molar-refractivity contribution in [1.29, 1.82) is 0 Å². The van der Waals surface area contributed by atoms with Crippen LogP contribution in [0.5, 0.6) is 0 Å². The SMILES string of the molecule is CCOC(=O)c1cc(NC(=O)c2ccc(Cn3ccnc3)cc2)ccc1Cl. The molecule has 27 heavy (non-hydrogen) atoms. The first-order chi connectivity index (χ1) is 13.1. The summed E-state index contributed by atoms with van der Waals surface area (Å²) in [5.74, 6) is -0.802. The van der Waals surface area contributed by atoms with Crippen molar-refractivity contribution in [3.63, 3.8) is 0 Å². The summed E-state index contributed by atoms with van der Waals surface area (Å²) >= 11 is 6.04. The number of carbonyl (C=O) groups excluding carboxylic acids is 2. The largest absolute Gasteiger partial charge is 0.462 e. The second kappa shape index (κ2) is 8.51. The predicted octanol–water partition coefficient (Wildman–Crippen LogP) is 4.01. The summed E-state index contributed by atoms with van der Waals surface area (Å²) in [7, 11) is 0. The van der Waals surface area contributed by atoms with Crippen LogP contribution in [-0.4, -0.2) is 28.0 Å². The maximum atomic E-state index is 12.5. The van der Waals surface area contributed by atoms with Crippen LogP contribution in [0.2, 0.25) is 5.02 Å². The van der Waals surface area contributed by atoms with E-state index in [1.165, 1.54) is 6.07 Å². The van der Waals surface area contributed by atoms with E-state index in [-0.39, 0.29) is 23.1 Å². The number of ether oxygens (including phenoxy) is 1. The molecule has 0 fully saturated rings. The first kappa shape index (κ1) is 18.7. The van der Waals surface area contributed by atoms with Crippen LogP contribution in [0.15, 0.2) is 61.2 Å². The van der Waals surface area contributed by atoms with E-state index in [2.05, 4.69) is 10.3 Å². The zero-order chi connectivity index (χ0) is 19.2. The van der Waals surface area contributed by atoms with Gasteiger partial charge in [-0.05, 0) is 42.8 Å². The maximum absolute atomic E-state index is 12.5. The Morgan fingerprint density at radius 3 is 2.63 bits per heavy atom. The Bertz CT molecular complexity index is 938. The Kier molecular flexibility index (Phi) is 5.88. The average molecular weight is 384 g/mol. The van der Waals surface area contributed by atoms with E-state index in [9.17, 15) is 9.59 Å². The number of nitrogens with one attached hydrogen (secondary N) is 1. The summed E-state index contributed by atoms with van der Waals surface area (Å²) in [6.45, 7) is 2.65. The second-order valence-corrected chi connectivity index (χ2v) is 6.21. The number of anilines is 1. The molecule has 0 aliphatic carbocycles. The molecular weight excluding hydrogens is 366 g/mol. The van der Waals surface area contributed by atoms with E-state index in [1.54, 1.807) is 43.7 Å². The first-order valence-electron chi connectivity index (χ1n) is 8.39. The summed E-state index contributed by atoms with van der Waals surface area (Å²) in [4.78, 5) is 28.4. The lowest BCUT2D eigenvalue weighted by molar-refractivity contribution is 0.0526. The highest BCUT2D eigenvalue weighted by molar-refractivity contribution is 6.33.